The molecular formula is C21H22BrNO6S. The van der Waals surface area contributed by atoms with Crippen LogP contribution in [0.2, 0.25) is 0 Å². The second-order valence-electron chi connectivity index (χ2n) is 6.49. The summed E-state index contributed by atoms with van der Waals surface area (Å²) in [6, 6.07) is 13.0. The van der Waals surface area contributed by atoms with Gasteiger partial charge in [-0.1, -0.05) is 41.1 Å². The summed E-state index contributed by atoms with van der Waals surface area (Å²) < 4.78 is 11.2. The number of rotatable bonds is 8. The van der Waals surface area contributed by atoms with Gasteiger partial charge in [0.15, 0.2) is 0 Å². The van der Waals surface area contributed by atoms with Crippen molar-refractivity contribution in [1.29, 1.82) is 0 Å². The summed E-state index contributed by atoms with van der Waals surface area (Å²) in [4.78, 5) is 35.9. The molecule has 0 fully saturated rings. The Morgan fingerprint density at radius 1 is 1.17 bits per heavy atom. The third-order valence-corrected chi connectivity index (χ3v) is 5.02. The molecule has 0 unspecified atom stereocenters. The Kier molecular flexibility index (Phi) is 9.19. The first-order valence-electron chi connectivity index (χ1n) is 9.13. The maximum atomic E-state index is 12.4. The highest BCUT2D eigenvalue weighted by molar-refractivity contribution is 9.10. The van der Waals surface area contributed by atoms with E-state index in [1.807, 2.05) is 0 Å². The molecule has 0 spiro atoms. The zero-order chi connectivity index (χ0) is 22.1. The van der Waals surface area contributed by atoms with Crippen molar-refractivity contribution >= 4 is 46.5 Å². The molecule has 0 aliphatic rings. The minimum absolute atomic E-state index is 0.0370. The summed E-state index contributed by atoms with van der Waals surface area (Å²) in [5.41, 5.74) is 0.669. The number of phenols is 1. The number of thiol groups is 1. The number of carbonyl (C=O) groups is 3. The largest absolute Gasteiger partial charge is 0.508 e. The van der Waals surface area contributed by atoms with Crippen molar-refractivity contribution < 1.29 is 29.0 Å². The molecule has 2 N–H and O–H groups in total. The Bertz CT molecular complexity index is 892. The molecule has 30 heavy (non-hydrogen) atoms. The van der Waals surface area contributed by atoms with Crippen molar-refractivity contribution in [3.63, 3.8) is 0 Å². The van der Waals surface area contributed by atoms with Gasteiger partial charge >= 0.3 is 12.1 Å². The molecule has 0 aliphatic heterocycles. The van der Waals surface area contributed by atoms with Crippen LogP contribution in [0.5, 0.6) is 5.75 Å². The van der Waals surface area contributed by atoms with Crippen LogP contribution in [0.1, 0.15) is 35.4 Å². The molecule has 9 heteroatoms. The Morgan fingerprint density at radius 3 is 2.53 bits per heavy atom. The smallest absolute Gasteiger partial charge is 0.414 e. The van der Waals surface area contributed by atoms with Gasteiger partial charge in [-0.2, -0.15) is 12.6 Å². The van der Waals surface area contributed by atoms with Crippen molar-refractivity contribution in [3.05, 3.63) is 64.1 Å². The monoisotopic (exact) mass is 495 g/mol. The summed E-state index contributed by atoms with van der Waals surface area (Å²) in [6.45, 7) is 1.88. The fourth-order valence-electron chi connectivity index (χ4n) is 2.69. The van der Waals surface area contributed by atoms with E-state index in [2.05, 4.69) is 33.9 Å². The number of phenolic OH excluding ortho intramolecular Hbond substituents is 1. The van der Waals surface area contributed by atoms with Crippen molar-refractivity contribution in [1.82, 2.24) is 5.32 Å². The van der Waals surface area contributed by atoms with Gasteiger partial charge in [0.1, 0.15) is 11.9 Å². The minimum Gasteiger partial charge on any atom is -0.508 e. The van der Waals surface area contributed by atoms with Crippen LogP contribution in [-0.4, -0.2) is 35.4 Å². The number of nitrogens with one attached hydrogen (secondary N) is 1. The van der Waals surface area contributed by atoms with E-state index in [1.54, 1.807) is 49.4 Å². The molecule has 160 valence electrons. The van der Waals surface area contributed by atoms with Gasteiger partial charge in [-0.15, -0.1) is 0 Å². The lowest BCUT2D eigenvalue weighted by Crippen LogP contribution is -2.33. The third kappa shape index (κ3) is 7.07. The fraction of sp³-hybridized carbons (Fsp3) is 0.286. The molecule has 2 aromatic carbocycles. The molecule has 2 atom stereocenters. The lowest BCUT2D eigenvalue weighted by molar-refractivity contribution is -0.141. The first kappa shape index (κ1) is 23.8. The van der Waals surface area contributed by atoms with E-state index in [-0.39, 0.29) is 24.0 Å². The van der Waals surface area contributed by atoms with E-state index in [1.165, 1.54) is 6.07 Å². The summed E-state index contributed by atoms with van der Waals surface area (Å²) >= 11 is 7.18. The number of esters is 1. The highest BCUT2D eigenvalue weighted by Gasteiger charge is 2.27. The van der Waals surface area contributed by atoms with Crippen LogP contribution in [0.15, 0.2) is 53.0 Å². The number of aromatic hydroxyl groups is 1. The molecule has 0 saturated carbocycles. The molecule has 0 heterocycles. The second-order valence-corrected chi connectivity index (χ2v) is 7.73. The molecular weight excluding hydrogens is 474 g/mol. The molecule has 0 aliphatic carbocycles. The molecule has 0 aromatic heterocycles. The van der Waals surface area contributed by atoms with Crippen molar-refractivity contribution in [2.24, 2.45) is 5.92 Å². The Hall–Kier alpha value is -2.52. The fourth-order valence-corrected chi connectivity index (χ4v) is 3.16. The average molecular weight is 496 g/mol. The number of amides is 2. The van der Waals surface area contributed by atoms with Crippen LogP contribution >= 0.6 is 28.6 Å². The number of ether oxygens (including phenoxy) is 2. The highest BCUT2D eigenvalue weighted by atomic mass is 79.9. The van der Waals surface area contributed by atoms with Gasteiger partial charge in [0.25, 0.3) is 5.91 Å². The van der Waals surface area contributed by atoms with Gasteiger partial charge in [-0.3, -0.25) is 14.9 Å². The molecule has 0 bridgehead atoms. The molecule has 2 rings (SSSR count). The van der Waals surface area contributed by atoms with E-state index in [0.717, 1.165) is 0 Å². The normalized spacial score (nSPS) is 12.5. The van der Waals surface area contributed by atoms with Crippen LogP contribution in [-0.2, 0) is 14.3 Å². The van der Waals surface area contributed by atoms with E-state index in [9.17, 15) is 19.5 Å². The number of carbonyl (C=O) groups excluding carboxylic acids is 3. The van der Waals surface area contributed by atoms with Crippen molar-refractivity contribution in [2.45, 2.75) is 19.4 Å². The quantitative estimate of drug-likeness (QED) is 0.373. The van der Waals surface area contributed by atoms with Gasteiger partial charge in [-0.05, 0) is 36.8 Å². The summed E-state index contributed by atoms with van der Waals surface area (Å²) in [5.74, 6) is -1.50. The molecule has 7 nitrogen and oxygen atoms in total. The zero-order valence-electron chi connectivity index (χ0n) is 16.2. The first-order chi connectivity index (χ1) is 14.3. The number of benzene rings is 2. The number of hydrogen-bond donors (Lipinski definition) is 3. The van der Waals surface area contributed by atoms with Crippen LogP contribution < -0.4 is 5.32 Å². The SMILES string of the molecule is C[C@H](CCOC(=O)CS)[C@@H](OC(=O)NC(=O)c1ccccc1)c1cc(Br)ccc1O. The predicted octanol–water partition coefficient (Wildman–Crippen LogP) is 4.26. The van der Waals surface area contributed by atoms with E-state index < -0.39 is 24.1 Å². The Labute approximate surface area is 188 Å². The van der Waals surface area contributed by atoms with Crippen LogP contribution in [0.4, 0.5) is 4.79 Å². The highest BCUT2D eigenvalue weighted by Crippen LogP contribution is 2.36. The van der Waals surface area contributed by atoms with E-state index >= 15 is 0 Å². The number of imide groups is 1. The summed E-state index contributed by atoms with van der Waals surface area (Å²) in [6.07, 6.45) is -1.48. The van der Waals surface area contributed by atoms with E-state index in [4.69, 9.17) is 9.47 Å². The standard InChI is InChI=1S/C21H22BrNO6S/c1-13(9-10-28-18(25)12-30)19(16-11-15(22)7-8-17(16)24)29-21(27)23-20(26)14-5-3-2-4-6-14/h2-8,11,13,19,24,30H,9-10,12H2,1H3,(H,23,26,27)/t13-,19-/m1/s1. The zero-order valence-corrected chi connectivity index (χ0v) is 18.7. The van der Waals surface area contributed by atoms with Crippen LogP contribution in [0, 0.1) is 5.92 Å². The topological polar surface area (TPSA) is 102 Å². The molecule has 0 saturated heterocycles. The lowest BCUT2D eigenvalue weighted by atomic mass is 9.94. The van der Waals surface area contributed by atoms with Crippen LogP contribution in [0.3, 0.4) is 0 Å². The number of halogens is 1. The molecule has 2 amide bonds. The Balaban J connectivity index is 2.14. The van der Waals surface area contributed by atoms with Crippen LogP contribution in [0.25, 0.3) is 0 Å². The minimum atomic E-state index is -0.951. The first-order valence-corrected chi connectivity index (χ1v) is 10.6. The molecule has 0 radical (unpaired) electrons. The second kappa shape index (κ2) is 11.6. The predicted molar refractivity (Wildman–Crippen MR) is 118 cm³/mol. The maximum absolute atomic E-state index is 12.4. The van der Waals surface area contributed by atoms with Crippen molar-refractivity contribution in [2.75, 3.05) is 12.4 Å². The van der Waals surface area contributed by atoms with E-state index in [0.29, 0.717) is 22.0 Å². The van der Waals surface area contributed by atoms with Gasteiger partial charge in [0.2, 0.25) is 0 Å². The van der Waals surface area contributed by atoms with Gasteiger partial charge in [0, 0.05) is 21.5 Å². The van der Waals surface area contributed by atoms with Crippen molar-refractivity contribution in [3.8, 4) is 5.75 Å². The molecule has 2 aromatic rings. The number of alkyl carbamates (subject to hydrolysis) is 1. The lowest BCUT2D eigenvalue weighted by Gasteiger charge is -2.25. The maximum Gasteiger partial charge on any atom is 0.414 e. The van der Waals surface area contributed by atoms with Gasteiger partial charge in [0.05, 0.1) is 12.4 Å². The Morgan fingerprint density at radius 2 is 1.87 bits per heavy atom. The number of hydrogen-bond acceptors (Lipinski definition) is 7. The average Bonchev–Trinajstić information content (AvgIpc) is 2.74. The third-order valence-electron chi connectivity index (χ3n) is 4.26. The summed E-state index contributed by atoms with van der Waals surface area (Å²) in [5, 5.41) is 12.5. The van der Waals surface area contributed by atoms with Gasteiger partial charge < -0.3 is 14.6 Å². The van der Waals surface area contributed by atoms with Gasteiger partial charge in [-0.25, -0.2) is 4.79 Å². The summed E-state index contributed by atoms with van der Waals surface area (Å²) in [7, 11) is 0.